The molecule has 1 aromatic carbocycles. The van der Waals surface area contributed by atoms with Crippen LogP contribution in [0.4, 0.5) is 11.4 Å². The van der Waals surface area contributed by atoms with Crippen LogP contribution in [0.1, 0.15) is 57.7 Å². The van der Waals surface area contributed by atoms with Crippen LogP contribution < -0.4 is 15.8 Å². The summed E-state index contributed by atoms with van der Waals surface area (Å²) in [6.07, 6.45) is 11.4. The number of aromatic nitrogens is 1. The van der Waals surface area contributed by atoms with Gasteiger partial charge in [0.25, 0.3) is 0 Å². The average molecular weight is 474 g/mol. The average Bonchev–Trinajstić information content (AvgIpc) is 3.23. The van der Waals surface area contributed by atoms with Crippen LogP contribution in [0.25, 0.3) is 0 Å². The first-order valence-corrected chi connectivity index (χ1v) is 13.1. The number of amides is 1. The van der Waals surface area contributed by atoms with Gasteiger partial charge in [0, 0.05) is 0 Å². The summed E-state index contributed by atoms with van der Waals surface area (Å²) in [4.78, 5) is 17.2. The van der Waals surface area contributed by atoms with Crippen LogP contribution in [0.3, 0.4) is 0 Å². The van der Waals surface area contributed by atoms with E-state index in [0.29, 0.717) is 8.58 Å². The molecule has 0 spiro atoms. The van der Waals surface area contributed by atoms with Crippen molar-refractivity contribution in [2.75, 3.05) is 5.32 Å². The summed E-state index contributed by atoms with van der Waals surface area (Å²) in [7, 11) is 2.84. The molecule has 1 aromatic heterocycles. The van der Waals surface area contributed by atoms with E-state index in [1.165, 1.54) is 21.9 Å². The zero-order valence-electron chi connectivity index (χ0n) is 21.0. The molecule has 34 heavy (non-hydrogen) atoms. The van der Waals surface area contributed by atoms with E-state index in [9.17, 15) is 4.79 Å². The standard InChI is InChI=1S/C27H36BN4OP/c1-7-21(8-2)12-10-18(4)14-25(33)31-22-13-11-19(5)23(15-22)20(6)30-26-16-29-24-17-32(9-3)28-27(24)34-26/h7,10-13,15-17,20,26,30,34H,4,8-9,14H2,1-3,5-6H3,(H,31,33)/b12-10-,21-7-. The van der Waals surface area contributed by atoms with Gasteiger partial charge in [0.2, 0.25) is 0 Å². The van der Waals surface area contributed by atoms with Gasteiger partial charge in [-0.2, -0.15) is 0 Å². The van der Waals surface area contributed by atoms with Gasteiger partial charge in [-0.15, -0.1) is 0 Å². The van der Waals surface area contributed by atoms with Crippen molar-refractivity contribution < 1.29 is 4.79 Å². The Hall–Kier alpha value is -2.56. The molecule has 2 aromatic rings. The van der Waals surface area contributed by atoms with Crippen molar-refractivity contribution in [2.45, 2.75) is 65.8 Å². The molecule has 0 saturated carbocycles. The molecule has 1 amide bonds. The van der Waals surface area contributed by atoms with E-state index in [-0.39, 0.29) is 24.2 Å². The maximum atomic E-state index is 12.6. The third kappa shape index (κ3) is 6.97. The Kier molecular flexibility index (Phi) is 9.38. The monoisotopic (exact) mass is 474 g/mol. The third-order valence-electron chi connectivity index (χ3n) is 6.06. The second-order valence-electron chi connectivity index (χ2n) is 8.68. The van der Waals surface area contributed by atoms with Crippen molar-refractivity contribution in [2.24, 2.45) is 4.99 Å². The van der Waals surface area contributed by atoms with Crippen molar-refractivity contribution in [1.29, 1.82) is 0 Å². The first-order valence-electron chi connectivity index (χ1n) is 12.0. The van der Waals surface area contributed by atoms with Crippen LogP contribution in [0.15, 0.2) is 65.3 Å². The summed E-state index contributed by atoms with van der Waals surface area (Å²) in [6.45, 7) is 15.5. The predicted molar refractivity (Wildman–Crippen MR) is 150 cm³/mol. The van der Waals surface area contributed by atoms with Crippen LogP contribution in [0, 0.1) is 6.92 Å². The molecule has 0 bridgehead atoms. The summed E-state index contributed by atoms with van der Waals surface area (Å²) in [5, 5.41) is 8.05. The number of nitrogens with zero attached hydrogens (tertiary/aromatic N) is 2. The number of aryl methyl sites for hydroxylation is 2. The molecule has 1 aliphatic rings. The predicted octanol–water partition coefficient (Wildman–Crippen LogP) is 5.65. The normalized spacial score (nSPS) is 17.1. The van der Waals surface area contributed by atoms with Gasteiger partial charge < -0.3 is 0 Å². The van der Waals surface area contributed by atoms with Crippen molar-refractivity contribution in [3.8, 4) is 0 Å². The number of aliphatic imine (C=N–C) groups is 1. The van der Waals surface area contributed by atoms with Gasteiger partial charge in [-0.3, -0.25) is 0 Å². The molecule has 0 fully saturated rings. The zero-order valence-corrected chi connectivity index (χ0v) is 22.0. The Morgan fingerprint density at radius 1 is 1.35 bits per heavy atom. The van der Waals surface area contributed by atoms with E-state index in [1.807, 2.05) is 31.4 Å². The summed E-state index contributed by atoms with van der Waals surface area (Å²) < 4.78 is 2.19. The number of hydrogen-bond donors (Lipinski definition) is 2. The topological polar surface area (TPSA) is 58.4 Å². The number of allylic oxidation sites excluding steroid dienone is 4. The Morgan fingerprint density at radius 3 is 2.85 bits per heavy atom. The van der Waals surface area contributed by atoms with Gasteiger partial charge in [-0.1, -0.05) is 37.3 Å². The van der Waals surface area contributed by atoms with E-state index in [1.54, 1.807) is 0 Å². The number of rotatable bonds is 10. The van der Waals surface area contributed by atoms with Gasteiger partial charge >= 0.3 is 156 Å². The number of anilines is 1. The number of carbonyl (C=O) groups excluding carboxylic acids is 1. The first-order chi connectivity index (χ1) is 16.3. The van der Waals surface area contributed by atoms with Gasteiger partial charge in [-0.25, -0.2) is 0 Å². The van der Waals surface area contributed by atoms with E-state index >= 15 is 0 Å². The van der Waals surface area contributed by atoms with E-state index in [4.69, 9.17) is 0 Å². The summed E-state index contributed by atoms with van der Waals surface area (Å²) >= 11 is 0. The summed E-state index contributed by atoms with van der Waals surface area (Å²) in [5.41, 5.74) is 6.28. The number of hydrogen-bond acceptors (Lipinski definition) is 3. The molecule has 0 radical (unpaired) electrons. The maximum absolute atomic E-state index is 12.6. The molecule has 2 N–H and O–H groups in total. The van der Waals surface area contributed by atoms with Crippen LogP contribution in [-0.2, 0) is 11.3 Å². The van der Waals surface area contributed by atoms with Crippen LogP contribution in [0.2, 0.25) is 0 Å². The minimum atomic E-state index is -0.0579. The van der Waals surface area contributed by atoms with Gasteiger partial charge in [0.05, 0.1) is 0 Å². The molecule has 3 atom stereocenters. The summed E-state index contributed by atoms with van der Waals surface area (Å²) in [5.74, 6) is 0.144. The van der Waals surface area contributed by atoms with Gasteiger partial charge in [0.1, 0.15) is 0 Å². The molecular weight excluding hydrogens is 438 g/mol. The van der Waals surface area contributed by atoms with Crippen molar-refractivity contribution in [3.05, 3.63) is 71.5 Å². The molecule has 178 valence electrons. The second kappa shape index (κ2) is 12.2. The quantitative estimate of drug-likeness (QED) is 0.346. The van der Waals surface area contributed by atoms with E-state index in [2.05, 4.69) is 85.8 Å². The summed E-state index contributed by atoms with van der Waals surface area (Å²) in [6, 6.07) is 6.22. The molecule has 0 aliphatic carbocycles. The number of fused-ring (bicyclic) bond motifs is 1. The molecule has 0 saturated heterocycles. The number of nitrogens with one attached hydrogen (secondary N) is 2. The molecule has 7 heteroatoms. The molecule has 3 unspecified atom stereocenters. The van der Waals surface area contributed by atoms with E-state index in [0.717, 1.165) is 29.9 Å². The fraction of sp³-hybridized carbons (Fsp3) is 0.370. The van der Waals surface area contributed by atoms with Gasteiger partial charge in [0.15, 0.2) is 0 Å². The SMILES string of the molecule is C=C(/C=C\C(=C/C)CC)CC(=O)Nc1ccc(C)c(C(C)NC2C=Nc3cn(CC)bc3P2)c1. The zero-order chi connectivity index (χ0) is 24.7. The van der Waals surface area contributed by atoms with Gasteiger partial charge in [-0.05, 0) is 13.3 Å². The molecular formula is C27H36BN4OP. The molecule has 1 aliphatic heterocycles. The molecule has 5 nitrogen and oxygen atoms in total. The number of carbonyl (C=O) groups is 1. The Morgan fingerprint density at radius 2 is 2.15 bits per heavy atom. The first kappa shape index (κ1) is 26.1. The minimum absolute atomic E-state index is 0.0579. The molecule has 3 rings (SSSR count). The van der Waals surface area contributed by atoms with Crippen molar-refractivity contribution in [1.82, 2.24) is 9.79 Å². The van der Waals surface area contributed by atoms with Crippen LogP contribution >= 0.6 is 8.58 Å². The number of benzene rings is 1. The second-order valence-corrected chi connectivity index (χ2v) is 10.1. The third-order valence-corrected chi connectivity index (χ3v) is 7.38. The Labute approximate surface area is 206 Å². The molecule has 2 heterocycles. The fourth-order valence-electron chi connectivity index (χ4n) is 3.99. The van der Waals surface area contributed by atoms with E-state index < -0.39 is 0 Å². The van der Waals surface area contributed by atoms with Crippen LogP contribution in [0.5, 0.6) is 0 Å². The fourth-order valence-corrected chi connectivity index (χ4v) is 5.33. The van der Waals surface area contributed by atoms with Crippen LogP contribution in [-0.4, -0.2) is 29.4 Å². The Bertz CT molecular complexity index is 1130. The Balaban J connectivity index is 1.60. The van der Waals surface area contributed by atoms with Crippen molar-refractivity contribution >= 4 is 44.3 Å². The van der Waals surface area contributed by atoms with Crippen molar-refractivity contribution in [3.63, 3.8) is 0 Å².